The van der Waals surface area contributed by atoms with E-state index in [2.05, 4.69) is 26.8 Å². The Morgan fingerprint density at radius 2 is 1.92 bits per heavy atom. The van der Waals surface area contributed by atoms with Crippen molar-refractivity contribution in [2.75, 3.05) is 0 Å². The third kappa shape index (κ3) is 3.72. The summed E-state index contributed by atoms with van der Waals surface area (Å²) in [5, 5.41) is 6.00. The number of thiocarbonyl (C=S) groups is 1. The van der Waals surface area contributed by atoms with Crippen LogP contribution in [0.5, 0.6) is 11.5 Å². The highest BCUT2D eigenvalue weighted by Gasteiger charge is 2.25. The molecule has 36 heavy (non-hydrogen) atoms. The summed E-state index contributed by atoms with van der Waals surface area (Å²) in [6.07, 6.45) is 5.77. The Balaban J connectivity index is 1.46. The third-order valence-electron chi connectivity index (χ3n) is 6.82. The highest BCUT2D eigenvalue weighted by molar-refractivity contribution is 7.80. The Bertz CT molecular complexity index is 1640. The molecule has 0 aliphatic carbocycles. The molecule has 4 heterocycles. The maximum Gasteiger partial charge on any atom is 0.133 e. The Labute approximate surface area is 214 Å². The Morgan fingerprint density at radius 1 is 1.03 bits per heavy atom. The van der Waals surface area contributed by atoms with Crippen LogP contribution in [0.3, 0.4) is 0 Å². The summed E-state index contributed by atoms with van der Waals surface area (Å²) in [7, 11) is 0. The van der Waals surface area contributed by atoms with Gasteiger partial charge in [-0.2, -0.15) is 5.10 Å². The minimum Gasteiger partial charge on any atom is -0.457 e. The summed E-state index contributed by atoms with van der Waals surface area (Å²) >= 11 is 5.21. The third-order valence-corrected chi connectivity index (χ3v) is 7.04. The smallest absolute Gasteiger partial charge is 0.133 e. The van der Waals surface area contributed by atoms with Gasteiger partial charge in [0.1, 0.15) is 22.2 Å². The van der Waals surface area contributed by atoms with Crippen molar-refractivity contribution in [3.8, 4) is 34.0 Å². The Morgan fingerprint density at radius 3 is 2.72 bits per heavy atom. The summed E-state index contributed by atoms with van der Waals surface area (Å²) in [6.45, 7) is 4.93. The first-order chi connectivity index (χ1) is 17.5. The lowest BCUT2D eigenvalue weighted by Crippen LogP contribution is -2.12. The molecule has 6 nitrogen and oxygen atoms in total. The van der Waals surface area contributed by atoms with Crippen molar-refractivity contribution in [3.05, 3.63) is 89.4 Å². The molecular formula is C29H25N5OS. The van der Waals surface area contributed by atoms with E-state index in [-0.39, 0.29) is 0 Å². The van der Waals surface area contributed by atoms with Crippen LogP contribution in [-0.4, -0.2) is 24.7 Å². The molecule has 1 aliphatic rings. The van der Waals surface area contributed by atoms with Crippen LogP contribution in [0, 0.1) is 13.8 Å². The number of fused-ring (bicyclic) bond motifs is 2. The van der Waals surface area contributed by atoms with E-state index in [0.29, 0.717) is 10.7 Å². The van der Waals surface area contributed by atoms with E-state index in [1.165, 1.54) is 5.69 Å². The molecule has 3 aromatic heterocycles. The van der Waals surface area contributed by atoms with Crippen molar-refractivity contribution in [2.24, 2.45) is 5.73 Å². The first-order valence-corrected chi connectivity index (χ1v) is 12.4. The number of aryl methyl sites for hydroxylation is 2. The summed E-state index contributed by atoms with van der Waals surface area (Å²) in [4.78, 5) is 9.63. The minimum atomic E-state index is 0.361. The molecular weight excluding hydrogens is 466 g/mol. The number of rotatable bonds is 5. The number of nitrogens with two attached hydrogens (primary N) is 1. The van der Waals surface area contributed by atoms with Crippen LogP contribution in [-0.2, 0) is 13.0 Å². The van der Waals surface area contributed by atoms with Crippen LogP contribution in [0.25, 0.3) is 33.4 Å². The predicted molar refractivity (Wildman–Crippen MR) is 146 cm³/mol. The minimum absolute atomic E-state index is 0.361. The van der Waals surface area contributed by atoms with E-state index in [1.54, 1.807) is 0 Å². The van der Waals surface area contributed by atoms with Gasteiger partial charge in [0, 0.05) is 52.8 Å². The molecule has 6 rings (SSSR count). The Hall–Kier alpha value is -4.10. The first-order valence-electron chi connectivity index (χ1n) is 12.0. The van der Waals surface area contributed by atoms with Crippen LogP contribution in [0.2, 0.25) is 0 Å². The zero-order chi connectivity index (χ0) is 24.8. The van der Waals surface area contributed by atoms with Gasteiger partial charge in [-0.05, 0) is 68.1 Å². The zero-order valence-electron chi connectivity index (χ0n) is 20.2. The number of hydrogen-bond acceptors (Lipinski definition) is 5. The van der Waals surface area contributed by atoms with Gasteiger partial charge in [0.15, 0.2) is 0 Å². The quantitative estimate of drug-likeness (QED) is 0.297. The molecule has 2 aromatic carbocycles. The summed E-state index contributed by atoms with van der Waals surface area (Å²) in [5.74, 6) is 1.48. The number of ether oxygens (including phenoxy) is 1. The van der Waals surface area contributed by atoms with Crippen molar-refractivity contribution in [2.45, 2.75) is 33.2 Å². The first kappa shape index (κ1) is 22.4. The van der Waals surface area contributed by atoms with Crippen LogP contribution in [0.1, 0.15) is 28.8 Å². The van der Waals surface area contributed by atoms with Crippen LogP contribution in [0.4, 0.5) is 0 Å². The highest BCUT2D eigenvalue weighted by atomic mass is 32.1. The molecule has 1 aliphatic heterocycles. The second kappa shape index (κ2) is 8.84. The van der Waals surface area contributed by atoms with E-state index in [9.17, 15) is 0 Å². The van der Waals surface area contributed by atoms with Gasteiger partial charge in [0.2, 0.25) is 0 Å². The van der Waals surface area contributed by atoms with Crippen molar-refractivity contribution >= 4 is 28.1 Å². The molecule has 0 saturated carbocycles. The summed E-state index contributed by atoms with van der Waals surface area (Å²) in [5.41, 5.74) is 14.8. The summed E-state index contributed by atoms with van der Waals surface area (Å²) < 4.78 is 8.48. The normalized spacial score (nSPS) is 12.6. The van der Waals surface area contributed by atoms with Gasteiger partial charge >= 0.3 is 0 Å². The fourth-order valence-electron chi connectivity index (χ4n) is 5.08. The van der Waals surface area contributed by atoms with Gasteiger partial charge in [-0.1, -0.05) is 30.4 Å². The number of nitrogens with zero attached hydrogens (tertiary/aromatic N) is 4. The van der Waals surface area contributed by atoms with Crippen LogP contribution < -0.4 is 10.5 Å². The molecule has 5 aromatic rings. The maximum atomic E-state index is 6.35. The van der Waals surface area contributed by atoms with Crippen molar-refractivity contribution in [3.63, 3.8) is 0 Å². The average Bonchev–Trinajstić information content (AvgIpc) is 3.48. The van der Waals surface area contributed by atoms with Gasteiger partial charge in [-0.15, -0.1) is 0 Å². The molecule has 0 atom stereocenters. The molecule has 0 amide bonds. The lowest BCUT2D eigenvalue weighted by Gasteiger charge is -2.15. The topological polar surface area (TPSA) is 78.9 Å². The van der Waals surface area contributed by atoms with E-state index in [0.717, 1.165) is 75.2 Å². The molecule has 0 bridgehead atoms. The molecule has 0 saturated heterocycles. The SMILES string of the molecule is Cc1ccc(C(N)=S)c(C)c1Oc1ccc2c(-c3c(-c4ccccn4)nn4c3CCC4)ccnc2c1. The maximum absolute atomic E-state index is 6.35. The van der Waals surface area contributed by atoms with Gasteiger partial charge in [-0.25, -0.2) is 0 Å². The number of benzene rings is 2. The van der Waals surface area contributed by atoms with Crippen molar-refractivity contribution in [1.82, 2.24) is 19.7 Å². The molecule has 2 N–H and O–H groups in total. The second-order valence-corrected chi connectivity index (χ2v) is 9.54. The highest BCUT2D eigenvalue weighted by Crippen LogP contribution is 2.40. The van der Waals surface area contributed by atoms with Gasteiger partial charge < -0.3 is 10.5 Å². The van der Waals surface area contributed by atoms with Gasteiger partial charge in [-0.3, -0.25) is 14.6 Å². The lowest BCUT2D eigenvalue weighted by molar-refractivity contribution is 0.475. The largest absolute Gasteiger partial charge is 0.457 e. The molecule has 0 radical (unpaired) electrons. The molecule has 0 fully saturated rings. The summed E-state index contributed by atoms with van der Waals surface area (Å²) in [6, 6.07) is 18.0. The van der Waals surface area contributed by atoms with Crippen LogP contribution in [0.15, 0.2) is 67.0 Å². The fourth-order valence-corrected chi connectivity index (χ4v) is 5.30. The molecule has 0 unspecified atom stereocenters. The van der Waals surface area contributed by atoms with Gasteiger partial charge in [0.25, 0.3) is 0 Å². The number of pyridine rings is 2. The predicted octanol–water partition coefficient (Wildman–Crippen LogP) is 6.15. The number of aromatic nitrogens is 4. The standard InChI is InChI=1S/C29H25N5OS/c1-17-8-10-20(29(30)36)18(2)28(17)35-19-9-11-21-22(12-14-32-24(21)16-19)26-25-7-5-15-34(25)33-27(26)23-6-3-4-13-31-23/h3-4,6,8-14,16H,5,7,15H2,1-2H3,(H2,30,36). The second-order valence-electron chi connectivity index (χ2n) is 9.10. The zero-order valence-corrected chi connectivity index (χ0v) is 21.0. The molecule has 0 spiro atoms. The number of hydrogen-bond donors (Lipinski definition) is 1. The van der Waals surface area contributed by atoms with Gasteiger partial charge in [0.05, 0.1) is 11.2 Å². The van der Waals surface area contributed by atoms with E-state index in [4.69, 9.17) is 27.8 Å². The van der Waals surface area contributed by atoms with E-state index >= 15 is 0 Å². The van der Waals surface area contributed by atoms with Crippen molar-refractivity contribution in [1.29, 1.82) is 0 Å². The monoisotopic (exact) mass is 491 g/mol. The van der Waals surface area contributed by atoms with Crippen molar-refractivity contribution < 1.29 is 4.74 Å². The van der Waals surface area contributed by atoms with E-state index < -0.39 is 0 Å². The lowest BCUT2D eigenvalue weighted by atomic mass is 9.96. The molecule has 7 heteroatoms. The van der Waals surface area contributed by atoms with Crippen LogP contribution >= 0.6 is 12.2 Å². The van der Waals surface area contributed by atoms with E-state index in [1.807, 2.05) is 68.7 Å². The average molecular weight is 492 g/mol. The molecule has 178 valence electrons. The Kier molecular flexibility index (Phi) is 5.49. The fraction of sp³-hybridized carbons (Fsp3) is 0.172.